The van der Waals surface area contributed by atoms with E-state index in [9.17, 15) is 18.0 Å². The second-order valence-electron chi connectivity index (χ2n) is 7.05. The number of hydrogen-bond donors (Lipinski definition) is 1. The van der Waals surface area contributed by atoms with E-state index in [1.54, 1.807) is 18.2 Å². The van der Waals surface area contributed by atoms with Crippen LogP contribution in [0.25, 0.3) is 0 Å². The van der Waals surface area contributed by atoms with Crippen LogP contribution in [0, 0.1) is 0 Å². The summed E-state index contributed by atoms with van der Waals surface area (Å²) in [6, 6.07) is 4.90. The molecule has 0 saturated carbocycles. The molecule has 2 aliphatic rings. The molecule has 0 spiro atoms. The Hall–Kier alpha value is -2.09. The topological polar surface area (TPSA) is 86.8 Å². The van der Waals surface area contributed by atoms with Crippen molar-refractivity contribution in [3.63, 3.8) is 0 Å². The van der Waals surface area contributed by atoms with Gasteiger partial charge < -0.3 is 10.2 Å². The summed E-state index contributed by atoms with van der Waals surface area (Å²) in [7, 11) is -3.34. The standard InChI is InChI=1S/C18H25N3O4S/c1-13-11-15-12-14(5-6-16(15)21(13)26(2,24)25)18(23)19-8-7-17(22)20-9-3-4-10-20/h5-6,12-13H,3-4,7-11H2,1-2H3,(H,19,23). The fourth-order valence-corrected chi connectivity index (χ4v) is 5.02. The molecule has 1 atom stereocenters. The lowest BCUT2D eigenvalue weighted by Crippen LogP contribution is -2.34. The average Bonchev–Trinajstić information content (AvgIpc) is 3.19. The number of amides is 2. The zero-order chi connectivity index (χ0) is 18.9. The molecule has 2 aliphatic heterocycles. The molecule has 1 aromatic rings. The first kappa shape index (κ1) is 18.7. The predicted octanol–water partition coefficient (Wildman–Crippen LogP) is 1.14. The molecule has 2 heterocycles. The molecule has 0 aliphatic carbocycles. The van der Waals surface area contributed by atoms with E-state index in [4.69, 9.17) is 0 Å². The molecule has 1 fully saturated rings. The van der Waals surface area contributed by atoms with Crippen LogP contribution in [-0.4, -0.2) is 57.1 Å². The number of hydrogen-bond acceptors (Lipinski definition) is 4. The van der Waals surface area contributed by atoms with Gasteiger partial charge in [0.1, 0.15) is 0 Å². The first-order chi connectivity index (χ1) is 12.3. The highest BCUT2D eigenvalue weighted by Gasteiger charge is 2.32. The zero-order valence-corrected chi connectivity index (χ0v) is 16.0. The second kappa shape index (κ2) is 7.26. The van der Waals surface area contributed by atoms with Crippen molar-refractivity contribution in [1.82, 2.24) is 10.2 Å². The van der Waals surface area contributed by atoms with Gasteiger partial charge in [-0.25, -0.2) is 8.42 Å². The second-order valence-corrected chi connectivity index (χ2v) is 8.91. The molecular formula is C18H25N3O4S. The molecule has 1 saturated heterocycles. The number of carbonyl (C=O) groups excluding carboxylic acids is 2. The number of nitrogens with one attached hydrogen (secondary N) is 1. The molecule has 0 radical (unpaired) electrons. The quantitative estimate of drug-likeness (QED) is 0.831. The van der Waals surface area contributed by atoms with Crippen molar-refractivity contribution < 1.29 is 18.0 Å². The molecule has 0 aromatic heterocycles. The van der Waals surface area contributed by atoms with Gasteiger partial charge in [0, 0.05) is 37.7 Å². The molecule has 3 rings (SSSR count). The van der Waals surface area contributed by atoms with E-state index in [0.29, 0.717) is 30.6 Å². The van der Waals surface area contributed by atoms with Gasteiger partial charge in [-0.1, -0.05) is 0 Å². The molecule has 1 N–H and O–H groups in total. The summed E-state index contributed by atoms with van der Waals surface area (Å²) in [5.74, 6) is -0.165. The number of nitrogens with zero attached hydrogens (tertiary/aromatic N) is 2. The van der Waals surface area contributed by atoms with Gasteiger partial charge in [0.15, 0.2) is 0 Å². The van der Waals surface area contributed by atoms with Crippen molar-refractivity contribution in [3.8, 4) is 0 Å². The van der Waals surface area contributed by atoms with E-state index in [0.717, 1.165) is 31.5 Å². The van der Waals surface area contributed by atoms with E-state index in [1.807, 2.05) is 11.8 Å². The van der Waals surface area contributed by atoms with Crippen molar-refractivity contribution in [1.29, 1.82) is 0 Å². The van der Waals surface area contributed by atoms with Gasteiger partial charge >= 0.3 is 0 Å². The molecule has 0 bridgehead atoms. The normalized spacial score (nSPS) is 19.5. The average molecular weight is 379 g/mol. The van der Waals surface area contributed by atoms with Gasteiger partial charge in [-0.15, -0.1) is 0 Å². The van der Waals surface area contributed by atoms with Gasteiger partial charge in [-0.2, -0.15) is 0 Å². The van der Waals surface area contributed by atoms with Crippen LogP contribution >= 0.6 is 0 Å². The highest BCUT2D eigenvalue weighted by molar-refractivity contribution is 7.92. The van der Waals surface area contributed by atoms with E-state index >= 15 is 0 Å². The molecule has 26 heavy (non-hydrogen) atoms. The van der Waals surface area contributed by atoms with Crippen LogP contribution in [-0.2, 0) is 21.2 Å². The summed E-state index contributed by atoms with van der Waals surface area (Å²) in [5.41, 5.74) is 1.98. The Morgan fingerprint density at radius 3 is 2.58 bits per heavy atom. The first-order valence-corrected chi connectivity index (χ1v) is 10.8. The van der Waals surface area contributed by atoms with Crippen molar-refractivity contribution in [2.75, 3.05) is 30.2 Å². The summed E-state index contributed by atoms with van der Waals surface area (Å²) in [4.78, 5) is 26.2. The summed E-state index contributed by atoms with van der Waals surface area (Å²) in [6.07, 6.45) is 4.18. The number of carbonyl (C=O) groups is 2. The largest absolute Gasteiger partial charge is 0.352 e. The maximum Gasteiger partial charge on any atom is 0.251 e. The van der Waals surface area contributed by atoms with Gasteiger partial charge in [-0.3, -0.25) is 13.9 Å². The monoisotopic (exact) mass is 379 g/mol. The smallest absolute Gasteiger partial charge is 0.251 e. The van der Waals surface area contributed by atoms with Crippen LogP contribution in [0.1, 0.15) is 42.1 Å². The molecular weight excluding hydrogens is 354 g/mol. The summed E-state index contributed by atoms with van der Waals surface area (Å²) in [5, 5.41) is 2.78. The minimum Gasteiger partial charge on any atom is -0.352 e. The fraction of sp³-hybridized carbons (Fsp3) is 0.556. The number of likely N-dealkylation sites (tertiary alicyclic amines) is 1. The van der Waals surface area contributed by atoms with Crippen LogP contribution in [0.3, 0.4) is 0 Å². The Labute approximate surface area is 154 Å². The predicted molar refractivity (Wildman–Crippen MR) is 99.7 cm³/mol. The number of anilines is 1. The zero-order valence-electron chi connectivity index (χ0n) is 15.2. The van der Waals surface area contributed by atoms with Crippen molar-refractivity contribution >= 4 is 27.5 Å². The molecule has 1 unspecified atom stereocenters. The van der Waals surface area contributed by atoms with E-state index < -0.39 is 10.0 Å². The van der Waals surface area contributed by atoms with Crippen molar-refractivity contribution in [2.45, 2.75) is 38.6 Å². The summed E-state index contributed by atoms with van der Waals surface area (Å²) >= 11 is 0. The minimum absolute atomic E-state index is 0.0781. The van der Waals surface area contributed by atoms with Gasteiger partial charge in [-0.05, 0) is 49.9 Å². The molecule has 8 heteroatoms. The van der Waals surface area contributed by atoms with Crippen molar-refractivity contribution in [2.24, 2.45) is 0 Å². The third-order valence-electron chi connectivity index (χ3n) is 4.94. The molecule has 7 nitrogen and oxygen atoms in total. The lowest BCUT2D eigenvalue weighted by atomic mass is 10.1. The lowest BCUT2D eigenvalue weighted by molar-refractivity contribution is -0.129. The van der Waals surface area contributed by atoms with Crippen LogP contribution in [0.5, 0.6) is 0 Å². The highest BCUT2D eigenvalue weighted by Crippen LogP contribution is 2.34. The van der Waals surface area contributed by atoms with E-state index in [2.05, 4.69) is 5.32 Å². The number of sulfonamides is 1. The molecule has 1 aromatic carbocycles. The Balaban J connectivity index is 1.61. The molecule has 142 valence electrons. The number of fused-ring (bicyclic) bond motifs is 1. The van der Waals surface area contributed by atoms with Crippen LogP contribution < -0.4 is 9.62 Å². The van der Waals surface area contributed by atoms with Crippen LogP contribution in [0.4, 0.5) is 5.69 Å². The third kappa shape index (κ3) is 3.85. The lowest BCUT2D eigenvalue weighted by Gasteiger charge is -2.21. The Morgan fingerprint density at radius 1 is 1.23 bits per heavy atom. The first-order valence-electron chi connectivity index (χ1n) is 8.95. The Bertz CT molecular complexity index is 816. The maximum atomic E-state index is 12.3. The van der Waals surface area contributed by atoms with E-state index in [-0.39, 0.29) is 17.9 Å². The Morgan fingerprint density at radius 2 is 1.92 bits per heavy atom. The van der Waals surface area contributed by atoms with Gasteiger partial charge in [0.05, 0.1) is 11.9 Å². The summed E-state index contributed by atoms with van der Waals surface area (Å²) in [6.45, 7) is 3.78. The van der Waals surface area contributed by atoms with Gasteiger partial charge in [0.25, 0.3) is 5.91 Å². The fourth-order valence-electron chi connectivity index (χ4n) is 3.76. The third-order valence-corrected chi connectivity index (χ3v) is 6.21. The number of rotatable bonds is 5. The highest BCUT2D eigenvalue weighted by atomic mass is 32.2. The van der Waals surface area contributed by atoms with E-state index in [1.165, 1.54) is 10.6 Å². The molecule has 2 amide bonds. The van der Waals surface area contributed by atoms with Crippen molar-refractivity contribution in [3.05, 3.63) is 29.3 Å². The maximum absolute atomic E-state index is 12.3. The summed E-state index contributed by atoms with van der Waals surface area (Å²) < 4.78 is 25.3. The van der Waals surface area contributed by atoms with Crippen LogP contribution in [0.15, 0.2) is 18.2 Å². The van der Waals surface area contributed by atoms with Gasteiger partial charge in [0.2, 0.25) is 15.9 Å². The number of benzene rings is 1. The Kier molecular flexibility index (Phi) is 5.22. The minimum atomic E-state index is -3.34. The SMILES string of the molecule is CC1Cc2cc(C(=O)NCCC(=O)N3CCCC3)ccc2N1S(C)(=O)=O. The van der Waals surface area contributed by atoms with Crippen LogP contribution in [0.2, 0.25) is 0 Å².